The molecule has 1 aromatic heterocycles. The minimum atomic E-state index is -0.586. The first kappa shape index (κ1) is 23.8. The zero-order valence-corrected chi connectivity index (χ0v) is 20.6. The Morgan fingerprint density at radius 3 is 2.67 bits per heavy atom. The Morgan fingerprint density at radius 1 is 1.21 bits per heavy atom. The van der Waals surface area contributed by atoms with E-state index >= 15 is 0 Å². The smallest absolute Gasteiger partial charge is 0.214 e. The van der Waals surface area contributed by atoms with Crippen LogP contribution in [0.1, 0.15) is 49.3 Å². The molecule has 9 heteroatoms. The van der Waals surface area contributed by atoms with E-state index in [2.05, 4.69) is 33.4 Å². The second kappa shape index (κ2) is 9.86. The predicted octanol–water partition coefficient (Wildman–Crippen LogP) is 4.84. The van der Waals surface area contributed by atoms with Crippen molar-refractivity contribution in [1.82, 2.24) is 20.2 Å². The summed E-state index contributed by atoms with van der Waals surface area (Å²) in [6.45, 7) is 3.67. The van der Waals surface area contributed by atoms with Gasteiger partial charge in [0.1, 0.15) is 5.78 Å². The van der Waals surface area contributed by atoms with Crippen LogP contribution in [0.4, 0.5) is 0 Å². The molecule has 4 rings (SSSR count). The standard InChI is InChI=1S/C24H23Cl2N5OS/c1-24(2,27)10-9-15-3-4-18(20(25)11-15)12-19(32)14-33-23-28-29-30-31(23)22-8-7-17(13-21(22)26)16-5-6-16/h3-4,7-8,11,13,16H,5-6,12,14,27H2,1-2H3. The normalized spacial score (nSPS) is 13.5. The van der Waals surface area contributed by atoms with E-state index < -0.39 is 5.54 Å². The van der Waals surface area contributed by atoms with Crippen LogP contribution >= 0.6 is 35.0 Å². The first-order valence-corrected chi connectivity index (χ1v) is 12.3. The number of nitrogens with zero attached hydrogens (tertiary/aromatic N) is 4. The molecule has 0 amide bonds. The molecule has 0 aliphatic heterocycles. The third kappa shape index (κ3) is 6.36. The van der Waals surface area contributed by atoms with Crippen molar-refractivity contribution in [3.05, 3.63) is 63.1 Å². The second-order valence-electron chi connectivity index (χ2n) is 8.64. The molecule has 3 aromatic rings. The van der Waals surface area contributed by atoms with Crippen molar-refractivity contribution in [1.29, 1.82) is 0 Å². The zero-order chi connectivity index (χ0) is 23.6. The summed E-state index contributed by atoms with van der Waals surface area (Å²) >= 11 is 14.1. The largest absolute Gasteiger partial charge is 0.316 e. The number of rotatable bonds is 7. The molecule has 0 bridgehead atoms. The van der Waals surface area contributed by atoms with Gasteiger partial charge >= 0.3 is 0 Å². The highest BCUT2D eigenvalue weighted by Crippen LogP contribution is 2.41. The molecule has 1 heterocycles. The van der Waals surface area contributed by atoms with Crippen molar-refractivity contribution in [2.24, 2.45) is 5.73 Å². The Labute approximate surface area is 207 Å². The molecule has 6 nitrogen and oxygen atoms in total. The van der Waals surface area contributed by atoms with E-state index in [1.54, 1.807) is 10.7 Å². The Hall–Kier alpha value is -2.37. The van der Waals surface area contributed by atoms with E-state index in [1.165, 1.54) is 30.2 Å². The van der Waals surface area contributed by atoms with Gasteiger partial charge in [-0.2, -0.15) is 4.68 Å². The third-order valence-electron chi connectivity index (χ3n) is 5.02. The summed E-state index contributed by atoms with van der Waals surface area (Å²) in [5.74, 6) is 6.79. The fraction of sp³-hybridized carbons (Fsp3) is 0.333. The Morgan fingerprint density at radius 2 is 2.00 bits per heavy atom. The summed E-state index contributed by atoms with van der Waals surface area (Å²) < 4.78 is 1.57. The average molecular weight is 500 g/mol. The SMILES string of the molecule is CC(C)(N)C#Cc1ccc(CC(=O)CSc2nnnn2-c2ccc(C3CC3)cc2Cl)c(Cl)c1. The third-order valence-corrected chi connectivity index (χ3v) is 6.66. The topological polar surface area (TPSA) is 86.7 Å². The van der Waals surface area contributed by atoms with Gasteiger partial charge in [-0.1, -0.05) is 58.9 Å². The van der Waals surface area contributed by atoms with Gasteiger partial charge in [0.15, 0.2) is 0 Å². The lowest BCUT2D eigenvalue weighted by Crippen LogP contribution is -2.29. The molecule has 0 radical (unpaired) electrons. The molecule has 170 valence electrons. The number of nitrogens with two attached hydrogens (primary N) is 1. The summed E-state index contributed by atoms with van der Waals surface area (Å²) in [6.07, 6.45) is 2.62. The molecule has 1 fully saturated rings. The number of carbonyl (C=O) groups is 1. The molecule has 0 spiro atoms. The molecule has 2 N–H and O–H groups in total. The summed E-state index contributed by atoms with van der Waals surface area (Å²) in [5, 5.41) is 13.5. The van der Waals surface area contributed by atoms with Crippen molar-refractivity contribution < 1.29 is 4.79 Å². The molecule has 0 atom stereocenters. The zero-order valence-electron chi connectivity index (χ0n) is 18.3. The lowest BCUT2D eigenvalue weighted by molar-refractivity contribution is -0.116. The molecular weight excluding hydrogens is 477 g/mol. The summed E-state index contributed by atoms with van der Waals surface area (Å²) in [5.41, 5.74) is 8.74. The first-order chi connectivity index (χ1) is 15.7. The highest BCUT2D eigenvalue weighted by molar-refractivity contribution is 7.99. The second-order valence-corrected chi connectivity index (χ2v) is 10.4. The molecule has 33 heavy (non-hydrogen) atoms. The Kier molecular flexibility index (Phi) is 7.10. The van der Waals surface area contributed by atoms with Crippen molar-refractivity contribution in [2.75, 3.05) is 5.75 Å². The number of benzene rings is 2. The molecule has 0 saturated heterocycles. The van der Waals surface area contributed by atoms with Gasteiger partial charge in [0.25, 0.3) is 0 Å². The number of halogens is 2. The van der Waals surface area contributed by atoms with Crippen LogP contribution in [-0.2, 0) is 11.2 Å². The van der Waals surface area contributed by atoms with E-state index in [0.29, 0.717) is 26.8 Å². The molecule has 1 aliphatic rings. The van der Waals surface area contributed by atoms with E-state index in [-0.39, 0.29) is 18.0 Å². The summed E-state index contributed by atoms with van der Waals surface area (Å²) in [7, 11) is 0. The fourth-order valence-corrected chi connectivity index (χ4v) is 4.46. The van der Waals surface area contributed by atoms with Crippen LogP contribution in [0.2, 0.25) is 10.0 Å². The Balaban J connectivity index is 1.39. The Bertz CT molecular complexity index is 1250. The quantitative estimate of drug-likeness (QED) is 0.369. The van der Waals surface area contributed by atoms with Gasteiger partial charge in [0, 0.05) is 17.0 Å². The number of carbonyl (C=O) groups excluding carboxylic acids is 1. The van der Waals surface area contributed by atoms with Crippen molar-refractivity contribution in [3.8, 4) is 17.5 Å². The van der Waals surface area contributed by atoms with Gasteiger partial charge in [0.2, 0.25) is 5.16 Å². The maximum atomic E-state index is 12.6. The van der Waals surface area contributed by atoms with Gasteiger partial charge < -0.3 is 5.73 Å². The summed E-state index contributed by atoms with van der Waals surface area (Å²) in [6, 6.07) is 11.4. The maximum absolute atomic E-state index is 12.6. The highest BCUT2D eigenvalue weighted by atomic mass is 35.5. The number of tetrazole rings is 1. The average Bonchev–Trinajstić information content (AvgIpc) is 3.50. The number of ketones is 1. The highest BCUT2D eigenvalue weighted by Gasteiger charge is 2.24. The van der Waals surface area contributed by atoms with E-state index in [1.807, 2.05) is 38.1 Å². The fourth-order valence-electron chi connectivity index (χ4n) is 3.20. The maximum Gasteiger partial charge on any atom is 0.214 e. The van der Waals surface area contributed by atoms with Crippen LogP contribution in [0.25, 0.3) is 5.69 Å². The molecule has 2 aromatic carbocycles. The number of thioether (sulfide) groups is 1. The van der Waals surface area contributed by atoms with Crippen LogP contribution in [0.15, 0.2) is 41.6 Å². The van der Waals surface area contributed by atoms with Crippen LogP contribution < -0.4 is 5.73 Å². The van der Waals surface area contributed by atoms with Crippen molar-refractivity contribution in [2.45, 2.75) is 49.7 Å². The van der Waals surface area contributed by atoms with E-state index in [4.69, 9.17) is 28.9 Å². The minimum Gasteiger partial charge on any atom is -0.316 e. The number of aromatic nitrogens is 4. The van der Waals surface area contributed by atoms with Gasteiger partial charge in [0.05, 0.1) is 22.0 Å². The van der Waals surface area contributed by atoms with Crippen LogP contribution in [0.3, 0.4) is 0 Å². The molecule has 1 aliphatic carbocycles. The van der Waals surface area contributed by atoms with Crippen LogP contribution in [-0.4, -0.2) is 37.3 Å². The lowest BCUT2D eigenvalue weighted by atomic mass is 10.0. The van der Waals surface area contributed by atoms with Crippen LogP contribution in [0, 0.1) is 11.8 Å². The predicted molar refractivity (Wildman–Crippen MR) is 132 cm³/mol. The van der Waals surface area contributed by atoms with Crippen LogP contribution in [0.5, 0.6) is 0 Å². The van der Waals surface area contributed by atoms with Gasteiger partial charge in [-0.05, 0) is 78.4 Å². The van der Waals surface area contributed by atoms with Crippen molar-refractivity contribution >= 4 is 40.7 Å². The minimum absolute atomic E-state index is 0.00792. The molecular formula is C24H23Cl2N5OS. The van der Waals surface area contributed by atoms with Crippen molar-refractivity contribution in [3.63, 3.8) is 0 Å². The van der Waals surface area contributed by atoms with Gasteiger partial charge in [-0.25, -0.2) is 0 Å². The van der Waals surface area contributed by atoms with Gasteiger partial charge in [-0.15, -0.1) is 5.10 Å². The molecule has 1 saturated carbocycles. The van der Waals surface area contributed by atoms with E-state index in [9.17, 15) is 4.79 Å². The molecule has 0 unspecified atom stereocenters. The number of hydrogen-bond donors (Lipinski definition) is 1. The van der Waals surface area contributed by atoms with Gasteiger partial charge in [-0.3, -0.25) is 4.79 Å². The number of hydrogen-bond acceptors (Lipinski definition) is 6. The first-order valence-electron chi connectivity index (χ1n) is 10.5. The number of Topliss-reactive ketones (excluding diaryl/α,β-unsaturated/α-hetero) is 1. The lowest BCUT2D eigenvalue weighted by Gasteiger charge is -2.09. The van der Waals surface area contributed by atoms with E-state index in [0.717, 1.165) is 11.1 Å². The monoisotopic (exact) mass is 499 g/mol. The summed E-state index contributed by atoms with van der Waals surface area (Å²) in [4.78, 5) is 12.6.